The maximum absolute atomic E-state index is 14.5. The normalized spacial score (nSPS) is 15.4. The summed E-state index contributed by atoms with van der Waals surface area (Å²) in [6, 6.07) is 17.3. The number of halogens is 2. The van der Waals surface area contributed by atoms with Gasteiger partial charge in [0.2, 0.25) is 10.0 Å². The highest BCUT2D eigenvalue weighted by atomic mass is 35.5. The fourth-order valence-electron chi connectivity index (χ4n) is 4.98. The van der Waals surface area contributed by atoms with Gasteiger partial charge in [0.25, 0.3) is 10.0 Å². The third kappa shape index (κ3) is 4.70. The molecule has 0 saturated carbocycles. The molecule has 1 aromatic heterocycles. The second-order valence-electron chi connectivity index (χ2n) is 9.52. The van der Waals surface area contributed by atoms with Gasteiger partial charge in [0.05, 0.1) is 21.0 Å². The monoisotopic (exact) mass is 575 g/mol. The van der Waals surface area contributed by atoms with Gasteiger partial charge in [-0.1, -0.05) is 29.8 Å². The van der Waals surface area contributed by atoms with Gasteiger partial charge >= 0.3 is 0 Å². The Morgan fingerprint density at radius 1 is 0.895 bits per heavy atom. The van der Waals surface area contributed by atoms with Gasteiger partial charge in [0, 0.05) is 43.8 Å². The summed E-state index contributed by atoms with van der Waals surface area (Å²) in [4.78, 5) is 2.00. The van der Waals surface area contributed by atoms with Gasteiger partial charge in [-0.05, 0) is 72.9 Å². The van der Waals surface area contributed by atoms with Gasteiger partial charge in [-0.2, -0.15) is 0 Å². The Balaban J connectivity index is 1.46. The van der Waals surface area contributed by atoms with E-state index in [-0.39, 0.29) is 21.5 Å². The van der Waals surface area contributed by atoms with Gasteiger partial charge in [0.1, 0.15) is 5.82 Å². The number of hydrogen-bond acceptors (Lipinski definition) is 5. The first kappa shape index (κ1) is 26.7. The average molecular weight is 576 g/mol. The lowest BCUT2D eigenvalue weighted by Gasteiger charge is -2.33. The van der Waals surface area contributed by atoms with E-state index in [1.807, 2.05) is 17.0 Å². The second-order valence-corrected chi connectivity index (χ2v) is 13.9. The molecule has 200 valence electrons. The van der Waals surface area contributed by atoms with E-state index in [0.29, 0.717) is 29.3 Å². The number of hydrogen-bond donors (Lipinski definition) is 0. The molecule has 1 aliphatic heterocycles. The smallest absolute Gasteiger partial charge is 0.268 e. The van der Waals surface area contributed by atoms with Crippen LogP contribution in [0.3, 0.4) is 0 Å². The lowest BCUT2D eigenvalue weighted by molar-refractivity contribution is 0.499. The van der Waals surface area contributed by atoms with Crippen molar-refractivity contribution >= 4 is 48.2 Å². The first-order valence-corrected chi connectivity index (χ1v) is 15.3. The third-order valence-electron chi connectivity index (χ3n) is 7.05. The van der Waals surface area contributed by atoms with E-state index in [0.717, 1.165) is 28.1 Å². The SMILES string of the molecule is CN(C)S(=O)(=O)c1ccc(S(=O)(=O)n2cc(C3CCN(c4ccc(Cl)cc4F)CC3)c3ccccc32)cc1. The molecule has 0 aliphatic carbocycles. The predicted molar refractivity (Wildman–Crippen MR) is 147 cm³/mol. The Hall–Kier alpha value is -2.92. The number of piperidine rings is 1. The minimum Gasteiger partial charge on any atom is -0.369 e. The Bertz CT molecular complexity index is 1710. The molecule has 0 atom stereocenters. The zero-order chi connectivity index (χ0) is 27.2. The van der Waals surface area contributed by atoms with E-state index in [4.69, 9.17) is 11.6 Å². The minimum absolute atomic E-state index is 0.00413. The van der Waals surface area contributed by atoms with E-state index >= 15 is 0 Å². The molecule has 2 heterocycles. The predicted octanol–water partition coefficient (Wildman–Crippen LogP) is 5.31. The molecule has 38 heavy (non-hydrogen) atoms. The molecule has 0 spiro atoms. The highest BCUT2D eigenvalue weighted by Gasteiger charge is 2.28. The quantitative estimate of drug-likeness (QED) is 0.311. The Morgan fingerprint density at radius 2 is 1.53 bits per heavy atom. The van der Waals surface area contributed by atoms with Crippen LogP contribution >= 0.6 is 11.6 Å². The van der Waals surface area contributed by atoms with Crippen molar-refractivity contribution in [2.45, 2.75) is 28.6 Å². The summed E-state index contributed by atoms with van der Waals surface area (Å²) in [5.74, 6) is -0.265. The van der Waals surface area contributed by atoms with Gasteiger partial charge in [-0.15, -0.1) is 0 Å². The van der Waals surface area contributed by atoms with Crippen molar-refractivity contribution in [3.8, 4) is 0 Å². The molecular weight excluding hydrogens is 549 g/mol. The summed E-state index contributed by atoms with van der Waals surface area (Å²) in [5, 5.41) is 1.20. The van der Waals surface area contributed by atoms with Crippen LogP contribution in [0.1, 0.15) is 24.3 Å². The van der Waals surface area contributed by atoms with E-state index < -0.39 is 20.0 Å². The van der Waals surface area contributed by atoms with Gasteiger partial charge < -0.3 is 4.90 Å². The molecule has 5 rings (SSSR count). The summed E-state index contributed by atoms with van der Waals surface area (Å²) in [7, 11) is -4.83. The second kappa shape index (κ2) is 10.00. The van der Waals surface area contributed by atoms with Crippen LogP contribution in [0.4, 0.5) is 10.1 Å². The Morgan fingerprint density at radius 3 is 2.16 bits per heavy atom. The molecule has 0 N–H and O–H groups in total. The van der Waals surface area contributed by atoms with Crippen molar-refractivity contribution in [3.63, 3.8) is 0 Å². The summed E-state index contributed by atoms with van der Waals surface area (Å²) < 4.78 is 69.0. The molecule has 0 radical (unpaired) electrons. The number of sulfonamides is 1. The molecule has 4 aromatic rings. The van der Waals surface area contributed by atoms with Gasteiger partial charge in [-0.25, -0.2) is 29.5 Å². The molecule has 1 aliphatic rings. The van der Waals surface area contributed by atoms with Crippen molar-refractivity contribution in [1.29, 1.82) is 0 Å². The van der Waals surface area contributed by atoms with Crippen molar-refractivity contribution < 1.29 is 21.2 Å². The highest BCUT2D eigenvalue weighted by Crippen LogP contribution is 2.37. The lowest BCUT2D eigenvalue weighted by atomic mass is 9.89. The molecule has 1 fully saturated rings. The summed E-state index contributed by atoms with van der Waals surface area (Å²) in [6.07, 6.45) is 3.13. The van der Waals surface area contributed by atoms with Crippen molar-refractivity contribution in [2.24, 2.45) is 0 Å². The molecule has 11 heteroatoms. The van der Waals surface area contributed by atoms with Gasteiger partial charge in [0.15, 0.2) is 0 Å². The number of rotatable bonds is 6. The molecule has 0 amide bonds. The standard InChI is InChI=1S/C27H27ClFN3O4S2/c1-30(2)37(33,34)21-8-10-22(11-9-21)38(35,36)32-18-24(23-5-3-4-6-26(23)32)19-13-15-31(16-14-19)27-12-7-20(28)17-25(27)29/h3-12,17-19H,13-16H2,1-2H3. The van der Waals surface area contributed by atoms with E-state index in [1.165, 1.54) is 48.4 Å². The topological polar surface area (TPSA) is 79.7 Å². The van der Waals surface area contributed by atoms with Crippen LogP contribution in [0.25, 0.3) is 10.9 Å². The number of benzene rings is 3. The number of anilines is 1. The van der Waals surface area contributed by atoms with Crippen molar-refractivity contribution in [3.05, 3.63) is 89.3 Å². The number of aromatic nitrogens is 1. The van der Waals surface area contributed by atoms with Crippen LogP contribution in [0.5, 0.6) is 0 Å². The minimum atomic E-state index is -3.99. The van der Waals surface area contributed by atoms with Crippen LogP contribution in [0, 0.1) is 5.82 Å². The average Bonchev–Trinajstić information content (AvgIpc) is 3.29. The molecule has 3 aromatic carbocycles. The molecule has 7 nitrogen and oxygen atoms in total. The van der Waals surface area contributed by atoms with Crippen LogP contribution in [0.2, 0.25) is 5.02 Å². The molecule has 1 saturated heterocycles. The first-order valence-electron chi connectivity index (χ1n) is 12.1. The summed E-state index contributed by atoms with van der Waals surface area (Å²) >= 11 is 5.90. The van der Waals surface area contributed by atoms with E-state index in [9.17, 15) is 21.2 Å². The zero-order valence-corrected chi connectivity index (χ0v) is 23.3. The Labute approximate surface area is 227 Å². The van der Waals surface area contributed by atoms with Crippen LogP contribution in [-0.4, -0.2) is 52.3 Å². The largest absolute Gasteiger partial charge is 0.369 e. The van der Waals surface area contributed by atoms with Crippen molar-refractivity contribution in [2.75, 3.05) is 32.1 Å². The Kier molecular flexibility index (Phi) is 7.02. The van der Waals surface area contributed by atoms with Crippen LogP contribution in [0.15, 0.2) is 82.7 Å². The number of para-hydroxylation sites is 1. The van der Waals surface area contributed by atoms with E-state index in [1.54, 1.807) is 30.5 Å². The highest BCUT2D eigenvalue weighted by molar-refractivity contribution is 7.90. The van der Waals surface area contributed by atoms with Crippen LogP contribution in [-0.2, 0) is 20.0 Å². The third-order valence-corrected chi connectivity index (χ3v) is 10.8. The molecule has 0 unspecified atom stereocenters. The molecular formula is C27H27ClFN3O4S2. The summed E-state index contributed by atoms with van der Waals surface area (Å²) in [6.45, 7) is 1.24. The fraction of sp³-hybridized carbons (Fsp3) is 0.259. The first-order chi connectivity index (χ1) is 18.0. The zero-order valence-electron chi connectivity index (χ0n) is 20.9. The fourth-order valence-corrected chi connectivity index (χ4v) is 7.41. The van der Waals surface area contributed by atoms with Crippen molar-refractivity contribution in [1.82, 2.24) is 8.28 Å². The maximum atomic E-state index is 14.5. The number of fused-ring (bicyclic) bond motifs is 1. The molecule has 0 bridgehead atoms. The van der Waals surface area contributed by atoms with Crippen LogP contribution < -0.4 is 4.90 Å². The van der Waals surface area contributed by atoms with Gasteiger partial charge in [-0.3, -0.25) is 0 Å². The maximum Gasteiger partial charge on any atom is 0.268 e. The summed E-state index contributed by atoms with van der Waals surface area (Å²) in [5.41, 5.74) is 1.99. The lowest BCUT2D eigenvalue weighted by Crippen LogP contribution is -2.33. The number of nitrogens with zero attached hydrogens (tertiary/aromatic N) is 3. The van der Waals surface area contributed by atoms with E-state index in [2.05, 4.69) is 0 Å².